The first-order valence-electron chi connectivity index (χ1n) is 2.73. The van der Waals surface area contributed by atoms with Crippen molar-refractivity contribution in [2.24, 2.45) is 0 Å². The SMILES string of the molecule is C=CC=C(OC=C)OC=C. The minimum atomic E-state index is 0.306. The molecule has 0 aromatic heterocycles. The third-order valence-corrected chi connectivity index (χ3v) is 0.653. The summed E-state index contributed by atoms with van der Waals surface area (Å²) in [6.07, 6.45) is 5.63. The molecule has 2 nitrogen and oxygen atoms in total. The first-order valence-corrected chi connectivity index (χ1v) is 2.73. The van der Waals surface area contributed by atoms with Crippen LogP contribution in [0.2, 0.25) is 0 Å². The van der Waals surface area contributed by atoms with Crippen LogP contribution in [0.3, 0.4) is 0 Å². The standard InChI is InChI=1S/C8H10O2/c1-4-7-8(9-5-2)10-6-3/h4-7H,1-3H2. The average molecular weight is 138 g/mol. The number of allylic oxidation sites excluding steroid dienone is 2. The van der Waals surface area contributed by atoms with Crippen molar-refractivity contribution < 1.29 is 9.47 Å². The summed E-state index contributed by atoms with van der Waals surface area (Å²) in [6.45, 7) is 10.2. The van der Waals surface area contributed by atoms with Gasteiger partial charge in [-0.2, -0.15) is 0 Å². The summed E-state index contributed by atoms with van der Waals surface area (Å²) in [6, 6.07) is 0. The Kier molecular flexibility index (Phi) is 4.87. The van der Waals surface area contributed by atoms with Crippen molar-refractivity contribution in [1.82, 2.24) is 0 Å². The van der Waals surface area contributed by atoms with E-state index in [1.54, 1.807) is 12.2 Å². The Morgan fingerprint density at radius 1 is 1.00 bits per heavy atom. The lowest BCUT2D eigenvalue weighted by molar-refractivity contribution is 0.150. The Morgan fingerprint density at radius 3 is 1.80 bits per heavy atom. The largest absolute Gasteiger partial charge is 0.435 e. The normalized spacial score (nSPS) is 7.20. The minimum Gasteiger partial charge on any atom is -0.435 e. The highest BCUT2D eigenvalue weighted by Gasteiger charge is 1.89. The highest BCUT2D eigenvalue weighted by atomic mass is 16.7. The zero-order valence-electron chi connectivity index (χ0n) is 5.75. The van der Waals surface area contributed by atoms with E-state index >= 15 is 0 Å². The molecule has 54 valence electrons. The van der Waals surface area contributed by atoms with Crippen molar-refractivity contribution in [2.45, 2.75) is 0 Å². The second kappa shape index (κ2) is 5.69. The lowest BCUT2D eigenvalue weighted by Crippen LogP contribution is -1.85. The highest BCUT2D eigenvalue weighted by Crippen LogP contribution is 1.99. The van der Waals surface area contributed by atoms with E-state index in [9.17, 15) is 0 Å². The monoisotopic (exact) mass is 138 g/mol. The quantitative estimate of drug-likeness (QED) is 0.428. The van der Waals surface area contributed by atoms with Crippen molar-refractivity contribution in [3.05, 3.63) is 50.4 Å². The zero-order valence-corrected chi connectivity index (χ0v) is 5.75. The molecule has 0 rings (SSSR count). The number of hydrogen-bond acceptors (Lipinski definition) is 2. The van der Waals surface area contributed by atoms with Gasteiger partial charge in [-0.1, -0.05) is 25.8 Å². The van der Waals surface area contributed by atoms with Crippen molar-refractivity contribution in [3.8, 4) is 0 Å². The summed E-state index contributed by atoms with van der Waals surface area (Å²) in [4.78, 5) is 0. The molecule has 0 aliphatic rings. The van der Waals surface area contributed by atoms with Gasteiger partial charge in [-0.3, -0.25) is 0 Å². The topological polar surface area (TPSA) is 18.5 Å². The Labute approximate surface area is 60.8 Å². The van der Waals surface area contributed by atoms with E-state index in [1.165, 1.54) is 12.5 Å². The smallest absolute Gasteiger partial charge is 0.288 e. The maximum atomic E-state index is 4.78. The van der Waals surface area contributed by atoms with E-state index in [1.807, 2.05) is 0 Å². The predicted molar refractivity (Wildman–Crippen MR) is 40.8 cm³/mol. The molecule has 0 atom stereocenters. The lowest BCUT2D eigenvalue weighted by atomic mass is 10.6. The molecule has 0 aliphatic heterocycles. The van der Waals surface area contributed by atoms with Crippen LogP contribution in [0.25, 0.3) is 0 Å². The Bertz CT molecular complexity index is 145. The molecule has 0 bridgehead atoms. The van der Waals surface area contributed by atoms with Gasteiger partial charge in [0.1, 0.15) is 0 Å². The molecule has 2 heteroatoms. The third-order valence-electron chi connectivity index (χ3n) is 0.653. The van der Waals surface area contributed by atoms with Crippen LogP contribution in [0.5, 0.6) is 0 Å². The first kappa shape index (κ1) is 8.56. The zero-order chi connectivity index (χ0) is 7.82. The third kappa shape index (κ3) is 3.55. The molecule has 10 heavy (non-hydrogen) atoms. The van der Waals surface area contributed by atoms with Crippen LogP contribution < -0.4 is 0 Å². The van der Waals surface area contributed by atoms with Crippen LogP contribution in [-0.4, -0.2) is 0 Å². The molecule has 0 unspecified atom stereocenters. The van der Waals surface area contributed by atoms with Crippen LogP contribution in [0.15, 0.2) is 50.4 Å². The Balaban J connectivity index is 3.94. The van der Waals surface area contributed by atoms with E-state index in [2.05, 4.69) is 19.7 Å². The number of hydrogen-bond donors (Lipinski definition) is 0. The number of rotatable bonds is 5. The van der Waals surface area contributed by atoms with Gasteiger partial charge in [0.05, 0.1) is 12.5 Å². The molecule has 0 spiro atoms. The van der Waals surface area contributed by atoms with E-state index in [-0.39, 0.29) is 0 Å². The molecule has 0 aliphatic carbocycles. The summed E-state index contributed by atoms with van der Waals surface area (Å²) >= 11 is 0. The first-order chi connectivity index (χ1) is 4.85. The summed E-state index contributed by atoms with van der Waals surface area (Å²) < 4.78 is 9.57. The molecule has 0 saturated heterocycles. The molecule has 0 radical (unpaired) electrons. The molecule has 0 heterocycles. The van der Waals surface area contributed by atoms with E-state index in [0.717, 1.165) is 0 Å². The maximum Gasteiger partial charge on any atom is 0.288 e. The second-order valence-corrected chi connectivity index (χ2v) is 1.29. The molecule has 0 saturated carbocycles. The highest BCUT2D eigenvalue weighted by molar-refractivity contribution is 5.00. The summed E-state index contributed by atoms with van der Waals surface area (Å²) in [7, 11) is 0. The van der Waals surface area contributed by atoms with Crippen molar-refractivity contribution >= 4 is 0 Å². The van der Waals surface area contributed by atoms with Crippen molar-refractivity contribution in [3.63, 3.8) is 0 Å². The molecule has 0 fully saturated rings. The molecule has 0 aromatic carbocycles. The fourth-order valence-electron chi connectivity index (χ4n) is 0.367. The van der Waals surface area contributed by atoms with Gasteiger partial charge >= 0.3 is 0 Å². The van der Waals surface area contributed by atoms with E-state index in [0.29, 0.717) is 5.95 Å². The van der Waals surface area contributed by atoms with E-state index < -0.39 is 0 Å². The summed E-state index contributed by atoms with van der Waals surface area (Å²) in [5, 5.41) is 0. The van der Waals surface area contributed by atoms with Crippen molar-refractivity contribution in [2.75, 3.05) is 0 Å². The summed E-state index contributed by atoms with van der Waals surface area (Å²) in [5.74, 6) is 0.306. The fraction of sp³-hybridized carbons (Fsp3) is 0. The van der Waals surface area contributed by atoms with Crippen LogP contribution in [0.4, 0.5) is 0 Å². The average Bonchev–Trinajstić information content (AvgIpc) is 1.90. The van der Waals surface area contributed by atoms with Gasteiger partial charge in [0.15, 0.2) is 0 Å². The van der Waals surface area contributed by atoms with Crippen molar-refractivity contribution in [1.29, 1.82) is 0 Å². The molecule has 0 amide bonds. The van der Waals surface area contributed by atoms with Gasteiger partial charge < -0.3 is 9.47 Å². The van der Waals surface area contributed by atoms with Gasteiger partial charge in [0.2, 0.25) is 0 Å². The molecular formula is C8H10O2. The number of ether oxygens (including phenoxy) is 2. The fourth-order valence-corrected chi connectivity index (χ4v) is 0.367. The van der Waals surface area contributed by atoms with Crippen LogP contribution in [0, 0.1) is 0 Å². The van der Waals surface area contributed by atoms with Gasteiger partial charge in [-0.25, -0.2) is 0 Å². The molecular weight excluding hydrogens is 128 g/mol. The van der Waals surface area contributed by atoms with Gasteiger partial charge in [-0.15, -0.1) is 0 Å². The van der Waals surface area contributed by atoms with Gasteiger partial charge in [0, 0.05) is 6.08 Å². The minimum absolute atomic E-state index is 0.306. The second-order valence-electron chi connectivity index (χ2n) is 1.29. The predicted octanol–water partition coefficient (Wildman–Crippen LogP) is 2.33. The maximum absolute atomic E-state index is 4.78. The van der Waals surface area contributed by atoms with E-state index in [4.69, 9.17) is 9.47 Å². The van der Waals surface area contributed by atoms with Crippen LogP contribution in [-0.2, 0) is 9.47 Å². The summed E-state index contributed by atoms with van der Waals surface area (Å²) in [5.41, 5.74) is 0. The van der Waals surface area contributed by atoms with Gasteiger partial charge in [0.25, 0.3) is 5.95 Å². The molecule has 0 N–H and O–H groups in total. The van der Waals surface area contributed by atoms with Crippen LogP contribution in [0.1, 0.15) is 0 Å². The Morgan fingerprint density at radius 2 is 1.50 bits per heavy atom. The Hall–Kier alpha value is -1.44. The molecule has 0 aromatic rings. The van der Waals surface area contributed by atoms with Crippen LogP contribution >= 0.6 is 0 Å². The lowest BCUT2D eigenvalue weighted by Gasteiger charge is -2.01. The van der Waals surface area contributed by atoms with Gasteiger partial charge in [-0.05, 0) is 0 Å².